The number of carbonyl (C=O) groups excluding carboxylic acids is 1. The standard InChI is InChI=1S/C20H26N2O4/c1-4-24-17-11-15(12-18(25-5-2)19(17)26-6-3)20(23)22-16-10-8-7-9-14(16)13-21/h7-12H,4-6,13,21H2,1-3H3,(H,22,23). The molecule has 0 unspecified atom stereocenters. The molecular weight excluding hydrogens is 332 g/mol. The smallest absolute Gasteiger partial charge is 0.255 e. The highest BCUT2D eigenvalue weighted by Gasteiger charge is 2.19. The van der Waals surface area contributed by atoms with Gasteiger partial charge in [0.05, 0.1) is 19.8 Å². The number of hydrogen-bond acceptors (Lipinski definition) is 5. The molecule has 0 heterocycles. The second-order valence-electron chi connectivity index (χ2n) is 5.42. The average molecular weight is 358 g/mol. The van der Waals surface area contributed by atoms with Crippen molar-refractivity contribution in [2.24, 2.45) is 5.73 Å². The van der Waals surface area contributed by atoms with E-state index in [9.17, 15) is 4.79 Å². The van der Waals surface area contributed by atoms with Crippen molar-refractivity contribution in [1.82, 2.24) is 0 Å². The van der Waals surface area contributed by atoms with Crippen molar-refractivity contribution < 1.29 is 19.0 Å². The van der Waals surface area contributed by atoms with Crippen LogP contribution in [0.25, 0.3) is 0 Å². The molecule has 0 atom stereocenters. The van der Waals surface area contributed by atoms with E-state index in [2.05, 4.69) is 5.32 Å². The van der Waals surface area contributed by atoms with Crippen molar-refractivity contribution in [3.63, 3.8) is 0 Å². The molecule has 140 valence electrons. The van der Waals surface area contributed by atoms with Crippen LogP contribution in [0, 0.1) is 0 Å². The predicted octanol–water partition coefficient (Wildman–Crippen LogP) is 3.59. The summed E-state index contributed by atoms with van der Waals surface area (Å²) in [5.74, 6) is 1.21. The molecule has 0 saturated carbocycles. The van der Waals surface area contributed by atoms with Gasteiger partial charge in [-0.25, -0.2) is 0 Å². The molecule has 0 bridgehead atoms. The lowest BCUT2D eigenvalue weighted by molar-refractivity contribution is 0.102. The van der Waals surface area contributed by atoms with Crippen LogP contribution < -0.4 is 25.3 Å². The molecule has 2 aromatic rings. The molecule has 26 heavy (non-hydrogen) atoms. The van der Waals surface area contributed by atoms with Gasteiger partial charge in [0.15, 0.2) is 11.5 Å². The molecule has 6 nitrogen and oxygen atoms in total. The van der Waals surface area contributed by atoms with Gasteiger partial charge in [-0.1, -0.05) is 18.2 Å². The van der Waals surface area contributed by atoms with Crippen molar-refractivity contribution in [3.05, 3.63) is 47.5 Å². The molecular formula is C20H26N2O4. The van der Waals surface area contributed by atoms with E-state index >= 15 is 0 Å². The van der Waals surface area contributed by atoms with E-state index in [1.165, 1.54) is 0 Å². The molecule has 2 rings (SSSR count). The highest BCUT2D eigenvalue weighted by atomic mass is 16.5. The second-order valence-corrected chi connectivity index (χ2v) is 5.42. The second kappa shape index (κ2) is 9.68. The Kier molecular flexibility index (Phi) is 7.29. The Morgan fingerprint density at radius 3 is 2.08 bits per heavy atom. The van der Waals surface area contributed by atoms with Gasteiger partial charge in [0.1, 0.15) is 0 Å². The number of carbonyl (C=O) groups is 1. The van der Waals surface area contributed by atoms with Crippen molar-refractivity contribution in [2.75, 3.05) is 25.1 Å². The van der Waals surface area contributed by atoms with Crippen LogP contribution in [0.15, 0.2) is 36.4 Å². The summed E-state index contributed by atoms with van der Waals surface area (Å²) >= 11 is 0. The molecule has 3 N–H and O–H groups in total. The van der Waals surface area contributed by atoms with Gasteiger partial charge in [-0.3, -0.25) is 4.79 Å². The topological polar surface area (TPSA) is 82.8 Å². The number of ether oxygens (including phenoxy) is 3. The minimum Gasteiger partial charge on any atom is -0.490 e. The van der Waals surface area contributed by atoms with Crippen molar-refractivity contribution in [3.8, 4) is 17.2 Å². The largest absolute Gasteiger partial charge is 0.490 e. The zero-order valence-electron chi connectivity index (χ0n) is 15.5. The van der Waals surface area contributed by atoms with Crippen LogP contribution in [0.4, 0.5) is 5.69 Å². The van der Waals surface area contributed by atoms with Crippen LogP contribution in [-0.2, 0) is 6.54 Å². The molecule has 0 radical (unpaired) electrons. The monoisotopic (exact) mass is 358 g/mol. The SMILES string of the molecule is CCOc1cc(C(=O)Nc2ccccc2CN)cc(OCC)c1OCC. The number of nitrogens with two attached hydrogens (primary N) is 1. The molecule has 0 aromatic heterocycles. The fraction of sp³-hybridized carbons (Fsp3) is 0.350. The lowest BCUT2D eigenvalue weighted by atomic mass is 10.1. The molecule has 0 aliphatic carbocycles. The fourth-order valence-electron chi connectivity index (χ4n) is 2.53. The number of nitrogens with one attached hydrogen (secondary N) is 1. The highest BCUT2D eigenvalue weighted by Crippen LogP contribution is 2.39. The van der Waals surface area contributed by atoms with Gasteiger partial charge in [-0.15, -0.1) is 0 Å². The Morgan fingerprint density at radius 2 is 1.54 bits per heavy atom. The lowest BCUT2D eigenvalue weighted by Gasteiger charge is -2.17. The summed E-state index contributed by atoms with van der Waals surface area (Å²) in [5, 5.41) is 2.90. The predicted molar refractivity (Wildman–Crippen MR) is 102 cm³/mol. The Bertz CT molecular complexity index is 719. The van der Waals surface area contributed by atoms with Crippen LogP contribution >= 0.6 is 0 Å². The number of benzene rings is 2. The lowest BCUT2D eigenvalue weighted by Crippen LogP contribution is -2.15. The number of anilines is 1. The third kappa shape index (κ3) is 4.67. The van der Waals surface area contributed by atoms with Crippen LogP contribution in [0.1, 0.15) is 36.7 Å². The Hall–Kier alpha value is -2.73. The van der Waals surface area contributed by atoms with Gasteiger partial charge in [-0.2, -0.15) is 0 Å². The normalized spacial score (nSPS) is 10.3. The molecule has 0 fully saturated rings. The number of hydrogen-bond donors (Lipinski definition) is 2. The summed E-state index contributed by atoms with van der Waals surface area (Å²) < 4.78 is 17.0. The third-order valence-electron chi connectivity index (χ3n) is 3.66. The van der Waals surface area contributed by atoms with Gasteiger partial charge in [-0.05, 0) is 44.5 Å². The molecule has 0 saturated heterocycles. The summed E-state index contributed by atoms with van der Waals surface area (Å²) in [4.78, 5) is 12.8. The van der Waals surface area contributed by atoms with Crippen molar-refractivity contribution in [1.29, 1.82) is 0 Å². The van der Waals surface area contributed by atoms with Crippen LogP contribution in [0.5, 0.6) is 17.2 Å². The van der Waals surface area contributed by atoms with Crippen LogP contribution in [-0.4, -0.2) is 25.7 Å². The molecule has 1 amide bonds. The van der Waals surface area contributed by atoms with Gasteiger partial charge < -0.3 is 25.3 Å². The first kappa shape index (κ1) is 19.6. The van der Waals surface area contributed by atoms with E-state index in [0.29, 0.717) is 54.9 Å². The van der Waals surface area contributed by atoms with Gasteiger partial charge in [0, 0.05) is 17.8 Å². The first-order chi connectivity index (χ1) is 12.6. The van der Waals surface area contributed by atoms with E-state index in [-0.39, 0.29) is 5.91 Å². The van der Waals surface area contributed by atoms with Crippen molar-refractivity contribution >= 4 is 11.6 Å². The summed E-state index contributed by atoms with van der Waals surface area (Å²) in [6, 6.07) is 10.8. The molecule has 0 aliphatic rings. The molecule has 0 spiro atoms. The Balaban J connectivity index is 2.39. The summed E-state index contributed by atoms with van der Waals surface area (Å²) in [7, 11) is 0. The zero-order chi connectivity index (χ0) is 18.9. The summed E-state index contributed by atoms with van der Waals surface area (Å²) in [5.41, 5.74) is 7.71. The maximum Gasteiger partial charge on any atom is 0.255 e. The van der Waals surface area contributed by atoms with Crippen LogP contribution in [0.2, 0.25) is 0 Å². The van der Waals surface area contributed by atoms with Crippen LogP contribution in [0.3, 0.4) is 0 Å². The highest BCUT2D eigenvalue weighted by molar-refractivity contribution is 6.05. The minimum atomic E-state index is -0.268. The summed E-state index contributed by atoms with van der Waals surface area (Å²) in [6.07, 6.45) is 0. The quantitative estimate of drug-likeness (QED) is 0.716. The van der Waals surface area contributed by atoms with Crippen molar-refractivity contribution in [2.45, 2.75) is 27.3 Å². The average Bonchev–Trinajstić information content (AvgIpc) is 2.65. The van der Waals surface area contributed by atoms with Gasteiger partial charge in [0.25, 0.3) is 5.91 Å². The number of para-hydroxylation sites is 1. The first-order valence-electron chi connectivity index (χ1n) is 8.80. The zero-order valence-corrected chi connectivity index (χ0v) is 15.5. The number of amides is 1. The maximum atomic E-state index is 12.8. The first-order valence-corrected chi connectivity index (χ1v) is 8.80. The molecule has 6 heteroatoms. The minimum absolute atomic E-state index is 0.268. The number of rotatable bonds is 9. The Labute approximate surface area is 154 Å². The van der Waals surface area contributed by atoms with E-state index in [4.69, 9.17) is 19.9 Å². The van der Waals surface area contributed by atoms with E-state index in [1.807, 2.05) is 45.0 Å². The van der Waals surface area contributed by atoms with E-state index in [0.717, 1.165) is 5.56 Å². The summed E-state index contributed by atoms with van der Waals surface area (Å²) in [6.45, 7) is 7.35. The fourth-order valence-corrected chi connectivity index (χ4v) is 2.53. The third-order valence-corrected chi connectivity index (χ3v) is 3.66. The van der Waals surface area contributed by atoms with Gasteiger partial charge in [0.2, 0.25) is 5.75 Å². The molecule has 0 aliphatic heterocycles. The maximum absolute atomic E-state index is 12.8. The van der Waals surface area contributed by atoms with E-state index in [1.54, 1.807) is 12.1 Å². The van der Waals surface area contributed by atoms with Gasteiger partial charge >= 0.3 is 0 Å². The Morgan fingerprint density at radius 1 is 0.962 bits per heavy atom. The molecule has 2 aromatic carbocycles. The van der Waals surface area contributed by atoms with E-state index < -0.39 is 0 Å².